The molecular formula is C11H12BrFN2O2S. The lowest BCUT2D eigenvalue weighted by atomic mass is 10.1. The maximum atomic E-state index is 13.8. The fourth-order valence-corrected chi connectivity index (χ4v) is 3.29. The Labute approximate surface area is 114 Å². The lowest BCUT2D eigenvalue weighted by molar-refractivity contribution is 0.525. The van der Waals surface area contributed by atoms with E-state index in [-0.39, 0.29) is 10.2 Å². The van der Waals surface area contributed by atoms with Gasteiger partial charge in [-0.05, 0) is 41.9 Å². The molecule has 0 spiro atoms. The summed E-state index contributed by atoms with van der Waals surface area (Å²) < 4.78 is 40.0. The quantitative estimate of drug-likeness (QED) is 0.654. The Bertz CT molecular complexity index is 621. The molecule has 18 heavy (non-hydrogen) atoms. The number of nitrogens with one attached hydrogen (secondary N) is 1. The van der Waals surface area contributed by atoms with Crippen LogP contribution in [0.15, 0.2) is 21.5 Å². The SMILES string of the molecule is C#CC(C)(C)NS(=O)(=O)c1cc(N)cc(Br)c1F. The standard InChI is InChI=1S/C11H12BrFN2O2S/c1-4-11(2,3)15-18(16,17)9-6-7(14)5-8(12)10(9)13/h1,5-6,15H,14H2,2-3H3. The predicted octanol–water partition coefficient (Wildman–Crippen LogP) is 1.86. The molecule has 0 saturated carbocycles. The van der Waals surface area contributed by atoms with E-state index in [9.17, 15) is 12.8 Å². The number of halogens is 2. The summed E-state index contributed by atoms with van der Waals surface area (Å²) in [5, 5.41) is 0. The first-order chi connectivity index (χ1) is 8.09. The van der Waals surface area contributed by atoms with Crippen molar-refractivity contribution < 1.29 is 12.8 Å². The third-order valence-corrected chi connectivity index (χ3v) is 4.29. The first-order valence-electron chi connectivity index (χ1n) is 4.85. The van der Waals surface area contributed by atoms with E-state index in [1.165, 1.54) is 19.9 Å². The fraction of sp³-hybridized carbons (Fsp3) is 0.273. The molecule has 0 aliphatic heterocycles. The van der Waals surface area contributed by atoms with Gasteiger partial charge in [-0.2, -0.15) is 4.72 Å². The molecule has 0 saturated heterocycles. The van der Waals surface area contributed by atoms with Crippen LogP contribution in [0.3, 0.4) is 0 Å². The van der Waals surface area contributed by atoms with Gasteiger partial charge in [0.2, 0.25) is 10.0 Å². The minimum atomic E-state index is -4.08. The number of nitrogen functional groups attached to an aromatic ring is 1. The second-order valence-electron chi connectivity index (χ2n) is 4.19. The zero-order valence-electron chi connectivity index (χ0n) is 9.79. The Kier molecular flexibility index (Phi) is 4.05. The molecule has 0 heterocycles. The van der Waals surface area contributed by atoms with Crippen LogP contribution in [0.2, 0.25) is 0 Å². The van der Waals surface area contributed by atoms with Crippen LogP contribution in [-0.2, 0) is 10.0 Å². The summed E-state index contributed by atoms with van der Waals surface area (Å²) >= 11 is 2.90. The van der Waals surface area contributed by atoms with Gasteiger partial charge in [0.1, 0.15) is 4.90 Å². The molecule has 1 rings (SSSR count). The van der Waals surface area contributed by atoms with Crippen molar-refractivity contribution in [1.82, 2.24) is 4.72 Å². The van der Waals surface area contributed by atoms with Crippen molar-refractivity contribution in [2.75, 3.05) is 5.73 Å². The monoisotopic (exact) mass is 334 g/mol. The number of terminal acetylenes is 1. The summed E-state index contributed by atoms with van der Waals surface area (Å²) in [6.07, 6.45) is 5.18. The maximum Gasteiger partial charge on any atom is 0.244 e. The largest absolute Gasteiger partial charge is 0.399 e. The number of hydrogen-bond acceptors (Lipinski definition) is 3. The zero-order chi connectivity index (χ0) is 14.1. The average molecular weight is 335 g/mol. The molecule has 0 unspecified atom stereocenters. The van der Waals surface area contributed by atoms with Crippen LogP contribution in [0.1, 0.15) is 13.8 Å². The van der Waals surface area contributed by atoms with Crippen molar-refractivity contribution in [3.8, 4) is 12.3 Å². The third kappa shape index (κ3) is 3.22. The summed E-state index contributed by atoms with van der Waals surface area (Å²) in [5.74, 6) is 1.35. The Morgan fingerprint density at radius 1 is 1.50 bits per heavy atom. The smallest absolute Gasteiger partial charge is 0.244 e. The number of benzene rings is 1. The summed E-state index contributed by atoms with van der Waals surface area (Å²) in [6, 6.07) is 2.32. The van der Waals surface area contributed by atoms with Gasteiger partial charge in [-0.1, -0.05) is 5.92 Å². The molecule has 0 radical (unpaired) electrons. The van der Waals surface area contributed by atoms with E-state index in [0.717, 1.165) is 6.07 Å². The lowest BCUT2D eigenvalue weighted by Crippen LogP contribution is -2.42. The van der Waals surface area contributed by atoms with Crippen LogP contribution in [-0.4, -0.2) is 14.0 Å². The fourth-order valence-electron chi connectivity index (χ4n) is 1.20. The minimum Gasteiger partial charge on any atom is -0.399 e. The highest BCUT2D eigenvalue weighted by Crippen LogP contribution is 2.26. The van der Waals surface area contributed by atoms with Gasteiger partial charge in [0.05, 0.1) is 10.0 Å². The molecule has 0 amide bonds. The molecule has 0 bridgehead atoms. The number of nitrogens with two attached hydrogens (primary N) is 1. The van der Waals surface area contributed by atoms with Crippen LogP contribution in [0.5, 0.6) is 0 Å². The number of anilines is 1. The number of hydrogen-bond donors (Lipinski definition) is 2. The normalized spacial score (nSPS) is 12.2. The van der Waals surface area contributed by atoms with Crippen LogP contribution in [0, 0.1) is 18.2 Å². The molecule has 0 fully saturated rings. The molecule has 0 atom stereocenters. The Balaban J connectivity index is 3.35. The number of rotatable bonds is 3. The molecule has 0 aliphatic rings. The number of sulfonamides is 1. The first-order valence-corrected chi connectivity index (χ1v) is 7.13. The van der Waals surface area contributed by atoms with Gasteiger partial charge < -0.3 is 5.73 Å². The molecule has 7 heteroatoms. The van der Waals surface area contributed by atoms with Crippen molar-refractivity contribution in [2.24, 2.45) is 0 Å². The van der Waals surface area contributed by atoms with Crippen LogP contribution in [0.25, 0.3) is 0 Å². The lowest BCUT2D eigenvalue weighted by Gasteiger charge is -2.20. The molecule has 4 nitrogen and oxygen atoms in total. The minimum absolute atomic E-state index is 0.0265. The Morgan fingerprint density at radius 3 is 2.56 bits per heavy atom. The van der Waals surface area contributed by atoms with Gasteiger partial charge in [0.15, 0.2) is 5.82 Å². The van der Waals surface area contributed by atoms with Crippen LogP contribution in [0.4, 0.5) is 10.1 Å². The summed E-state index contributed by atoms with van der Waals surface area (Å²) in [5.41, 5.74) is 4.50. The molecule has 0 aromatic heterocycles. The van der Waals surface area contributed by atoms with E-state index in [4.69, 9.17) is 12.2 Å². The molecule has 98 valence electrons. The first kappa shape index (κ1) is 15.0. The van der Waals surface area contributed by atoms with E-state index in [2.05, 4.69) is 26.6 Å². The van der Waals surface area contributed by atoms with Gasteiger partial charge >= 0.3 is 0 Å². The van der Waals surface area contributed by atoms with Crippen molar-refractivity contribution in [3.63, 3.8) is 0 Å². The molecule has 3 N–H and O–H groups in total. The summed E-state index contributed by atoms with van der Waals surface area (Å²) in [7, 11) is -4.08. The third-order valence-electron chi connectivity index (χ3n) is 2.06. The highest BCUT2D eigenvalue weighted by Gasteiger charge is 2.27. The molecule has 1 aromatic carbocycles. The van der Waals surface area contributed by atoms with Crippen LogP contribution >= 0.6 is 15.9 Å². The highest BCUT2D eigenvalue weighted by molar-refractivity contribution is 9.10. The van der Waals surface area contributed by atoms with E-state index in [0.29, 0.717) is 0 Å². The predicted molar refractivity (Wildman–Crippen MR) is 71.7 cm³/mol. The topological polar surface area (TPSA) is 72.2 Å². The maximum absolute atomic E-state index is 13.8. The summed E-state index contributed by atoms with van der Waals surface area (Å²) in [4.78, 5) is -0.544. The van der Waals surface area contributed by atoms with Gasteiger partial charge in [-0.3, -0.25) is 0 Å². The van der Waals surface area contributed by atoms with Crippen molar-refractivity contribution in [2.45, 2.75) is 24.3 Å². The molecule has 1 aromatic rings. The Hall–Kier alpha value is -1.10. The van der Waals surface area contributed by atoms with Gasteiger partial charge in [-0.25, -0.2) is 12.8 Å². The Morgan fingerprint density at radius 2 is 2.06 bits per heavy atom. The van der Waals surface area contributed by atoms with Gasteiger partial charge in [-0.15, -0.1) is 6.42 Å². The molecular weight excluding hydrogens is 323 g/mol. The summed E-state index contributed by atoms with van der Waals surface area (Å²) in [6.45, 7) is 2.98. The van der Waals surface area contributed by atoms with Crippen molar-refractivity contribution in [3.05, 3.63) is 22.4 Å². The average Bonchev–Trinajstić information content (AvgIpc) is 2.21. The zero-order valence-corrected chi connectivity index (χ0v) is 12.2. The van der Waals surface area contributed by atoms with E-state index in [1.54, 1.807) is 0 Å². The van der Waals surface area contributed by atoms with E-state index in [1.807, 2.05) is 0 Å². The second kappa shape index (κ2) is 4.88. The second-order valence-corrected chi connectivity index (χ2v) is 6.69. The highest BCUT2D eigenvalue weighted by atomic mass is 79.9. The van der Waals surface area contributed by atoms with E-state index < -0.39 is 26.3 Å². The van der Waals surface area contributed by atoms with Crippen LogP contribution < -0.4 is 10.5 Å². The van der Waals surface area contributed by atoms with Gasteiger partial charge in [0.25, 0.3) is 0 Å². The van der Waals surface area contributed by atoms with Crippen molar-refractivity contribution in [1.29, 1.82) is 0 Å². The van der Waals surface area contributed by atoms with Crippen molar-refractivity contribution >= 4 is 31.6 Å². The van der Waals surface area contributed by atoms with Gasteiger partial charge in [0, 0.05) is 5.69 Å². The van der Waals surface area contributed by atoms with E-state index >= 15 is 0 Å². The molecule has 0 aliphatic carbocycles.